The first kappa shape index (κ1) is 22.1. The zero-order valence-electron chi connectivity index (χ0n) is 18.6. The van der Waals surface area contributed by atoms with Gasteiger partial charge in [-0.05, 0) is 46.2 Å². The molecule has 0 nitrogen and oxygen atoms in total. The van der Waals surface area contributed by atoms with Crippen molar-refractivity contribution in [2.45, 2.75) is 64.7 Å². The molecule has 3 aromatic rings. The van der Waals surface area contributed by atoms with Gasteiger partial charge in [0, 0.05) is 0 Å². The molecule has 0 saturated heterocycles. The Hall–Kier alpha value is -2.60. The summed E-state index contributed by atoms with van der Waals surface area (Å²) in [5.74, 6) is 0. The van der Waals surface area contributed by atoms with E-state index in [4.69, 9.17) is 0 Å². The molecule has 0 aliphatic heterocycles. The van der Waals surface area contributed by atoms with Crippen molar-refractivity contribution < 1.29 is 0 Å². The maximum atomic E-state index is 4.20. The van der Waals surface area contributed by atoms with Crippen LogP contribution in [0.4, 0.5) is 0 Å². The first-order valence-corrected chi connectivity index (χ1v) is 11.7. The molecular formula is C30H36. The zero-order valence-corrected chi connectivity index (χ0v) is 18.6. The Kier molecular flexibility index (Phi) is 8.97. The van der Waals surface area contributed by atoms with E-state index in [0.717, 1.165) is 6.42 Å². The lowest BCUT2D eigenvalue weighted by Gasteiger charge is -2.18. The second kappa shape index (κ2) is 12.2. The van der Waals surface area contributed by atoms with Crippen molar-refractivity contribution in [3.8, 4) is 22.3 Å². The predicted molar refractivity (Wildman–Crippen MR) is 134 cm³/mol. The number of benzene rings is 3. The van der Waals surface area contributed by atoms with E-state index in [9.17, 15) is 0 Å². The largest absolute Gasteiger partial charge is 0.0984 e. The van der Waals surface area contributed by atoms with E-state index in [1.54, 1.807) is 0 Å². The molecule has 0 aliphatic carbocycles. The summed E-state index contributed by atoms with van der Waals surface area (Å²) in [6.07, 6.45) is 14.0. The predicted octanol–water partition coefficient (Wildman–Crippen LogP) is 9.35. The van der Waals surface area contributed by atoms with Gasteiger partial charge in [0.1, 0.15) is 0 Å². The molecule has 3 rings (SSSR count). The van der Waals surface area contributed by atoms with Crippen LogP contribution < -0.4 is 0 Å². The van der Waals surface area contributed by atoms with E-state index in [2.05, 4.69) is 92.4 Å². The third-order valence-corrected chi connectivity index (χ3v) is 5.99. The van der Waals surface area contributed by atoms with E-state index in [1.165, 1.54) is 84.7 Å². The Morgan fingerprint density at radius 1 is 0.633 bits per heavy atom. The maximum Gasteiger partial charge on any atom is -0.00303 e. The van der Waals surface area contributed by atoms with Gasteiger partial charge in [0.15, 0.2) is 0 Å². The van der Waals surface area contributed by atoms with Crippen molar-refractivity contribution in [3.05, 3.63) is 90.5 Å². The van der Waals surface area contributed by atoms with Crippen LogP contribution in [0.2, 0.25) is 0 Å². The van der Waals surface area contributed by atoms with Gasteiger partial charge in [0.05, 0.1) is 0 Å². The minimum atomic E-state index is 1.13. The van der Waals surface area contributed by atoms with Gasteiger partial charge in [-0.15, -0.1) is 0 Å². The van der Waals surface area contributed by atoms with Crippen LogP contribution in [0.5, 0.6) is 0 Å². The molecule has 0 amide bonds. The van der Waals surface area contributed by atoms with Crippen LogP contribution >= 0.6 is 0 Å². The number of rotatable bonds is 12. The van der Waals surface area contributed by atoms with Crippen LogP contribution in [0, 0.1) is 0 Å². The second-order valence-corrected chi connectivity index (χ2v) is 8.22. The Morgan fingerprint density at radius 3 is 1.80 bits per heavy atom. The minimum Gasteiger partial charge on any atom is -0.0984 e. The van der Waals surface area contributed by atoms with Gasteiger partial charge >= 0.3 is 0 Å². The molecule has 0 saturated carbocycles. The van der Waals surface area contributed by atoms with Crippen LogP contribution in [-0.4, -0.2) is 0 Å². The highest BCUT2D eigenvalue weighted by atomic mass is 14.2. The van der Waals surface area contributed by atoms with Crippen LogP contribution in [0.25, 0.3) is 28.3 Å². The molecule has 0 aliphatic rings. The highest BCUT2D eigenvalue weighted by Crippen LogP contribution is 2.37. The molecule has 0 atom stereocenters. The monoisotopic (exact) mass is 396 g/mol. The molecule has 0 spiro atoms. The van der Waals surface area contributed by atoms with Gasteiger partial charge in [0.25, 0.3) is 0 Å². The van der Waals surface area contributed by atoms with E-state index < -0.39 is 0 Å². The molecule has 0 aromatic heterocycles. The molecular weight excluding hydrogens is 360 g/mol. The smallest absolute Gasteiger partial charge is 0.00303 e. The van der Waals surface area contributed by atoms with Crippen LogP contribution in [0.3, 0.4) is 0 Å². The summed E-state index contributed by atoms with van der Waals surface area (Å²) in [7, 11) is 0. The maximum absolute atomic E-state index is 4.20. The fourth-order valence-corrected chi connectivity index (χ4v) is 4.34. The van der Waals surface area contributed by atoms with Crippen LogP contribution in [0.1, 0.15) is 69.4 Å². The molecule has 3 aromatic carbocycles. The van der Waals surface area contributed by atoms with Gasteiger partial charge in [-0.3, -0.25) is 0 Å². The summed E-state index contributed by atoms with van der Waals surface area (Å²) in [5, 5.41) is 0. The van der Waals surface area contributed by atoms with E-state index in [0.29, 0.717) is 0 Å². The first-order chi connectivity index (χ1) is 14.8. The minimum absolute atomic E-state index is 1.13. The van der Waals surface area contributed by atoms with Crippen molar-refractivity contribution in [2.24, 2.45) is 0 Å². The summed E-state index contributed by atoms with van der Waals surface area (Å²) in [5.41, 5.74) is 7.85. The zero-order chi connectivity index (χ0) is 21.0. The number of unbranched alkanes of at least 4 members (excludes halogenated alkanes) is 7. The van der Waals surface area contributed by atoms with Crippen LogP contribution in [0.15, 0.2) is 79.4 Å². The molecule has 0 N–H and O–H groups in total. The quantitative estimate of drug-likeness (QED) is 0.267. The topological polar surface area (TPSA) is 0 Å². The van der Waals surface area contributed by atoms with Crippen molar-refractivity contribution >= 4 is 6.08 Å². The summed E-state index contributed by atoms with van der Waals surface area (Å²) in [6.45, 7) is 6.48. The summed E-state index contributed by atoms with van der Waals surface area (Å²) >= 11 is 0. The number of hydrogen-bond donors (Lipinski definition) is 0. The van der Waals surface area contributed by atoms with E-state index in [1.807, 2.05) is 0 Å². The molecule has 0 unspecified atom stereocenters. The molecule has 0 heteroatoms. The fourth-order valence-electron chi connectivity index (χ4n) is 4.34. The highest BCUT2D eigenvalue weighted by Gasteiger charge is 2.14. The standard InChI is InChI=1S/C30H36/c1-3-5-6-7-8-9-10-13-20-26-23-24-29(25-18-14-11-15-19-25)30(28(26)4-2)27-21-16-12-17-22-27/h4,11-12,14-19,21-24H,2-3,5-10,13,20H2,1H3. The van der Waals surface area contributed by atoms with Gasteiger partial charge in [0.2, 0.25) is 0 Å². The van der Waals surface area contributed by atoms with Crippen molar-refractivity contribution in [1.29, 1.82) is 0 Å². The lowest BCUT2D eigenvalue weighted by atomic mass is 9.86. The molecule has 0 bridgehead atoms. The first-order valence-electron chi connectivity index (χ1n) is 11.7. The SMILES string of the molecule is C=Cc1c(CCCCCCCCCC)ccc(-c2ccccc2)c1-c1ccccc1. The average molecular weight is 397 g/mol. The van der Waals surface area contributed by atoms with Gasteiger partial charge in [-0.2, -0.15) is 0 Å². The Morgan fingerprint density at radius 2 is 1.20 bits per heavy atom. The van der Waals surface area contributed by atoms with E-state index >= 15 is 0 Å². The van der Waals surface area contributed by atoms with Crippen molar-refractivity contribution in [1.82, 2.24) is 0 Å². The van der Waals surface area contributed by atoms with Gasteiger partial charge in [-0.1, -0.05) is 137 Å². The molecule has 0 radical (unpaired) electrons. The van der Waals surface area contributed by atoms with E-state index in [-0.39, 0.29) is 0 Å². The summed E-state index contributed by atoms with van der Waals surface area (Å²) in [6, 6.07) is 26.1. The van der Waals surface area contributed by atoms with Gasteiger partial charge < -0.3 is 0 Å². The molecule has 0 fully saturated rings. The third-order valence-electron chi connectivity index (χ3n) is 5.99. The van der Waals surface area contributed by atoms with Crippen molar-refractivity contribution in [2.75, 3.05) is 0 Å². The Balaban J connectivity index is 1.79. The highest BCUT2D eigenvalue weighted by molar-refractivity contribution is 5.90. The normalized spacial score (nSPS) is 10.8. The lowest BCUT2D eigenvalue weighted by Crippen LogP contribution is -1.97. The fraction of sp³-hybridized carbons (Fsp3) is 0.333. The van der Waals surface area contributed by atoms with Gasteiger partial charge in [-0.25, -0.2) is 0 Å². The molecule has 0 heterocycles. The number of hydrogen-bond acceptors (Lipinski definition) is 0. The summed E-state index contributed by atoms with van der Waals surface area (Å²) < 4.78 is 0. The molecule has 30 heavy (non-hydrogen) atoms. The Bertz CT molecular complexity index is 890. The molecule has 156 valence electrons. The average Bonchev–Trinajstić information content (AvgIpc) is 2.81. The van der Waals surface area contributed by atoms with Crippen LogP contribution in [-0.2, 0) is 6.42 Å². The number of aryl methyl sites for hydroxylation is 1. The van der Waals surface area contributed by atoms with Crippen molar-refractivity contribution in [3.63, 3.8) is 0 Å². The second-order valence-electron chi connectivity index (χ2n) is 8.22. The Labute approximate surface area is 183 Å². The summed E-state index contributed by atoms with van der Waals surface area (Å²) in [4.78, 5) is 0. The lowest BCUT2D eigenvalue weighted by molar-refractivity contribution is 0.575. The third kappa shape index (κ3) is 5.95.